The molecule has 19 heavy (non-hydrogen) atoms. The average molecular weight is 286 g/mol. The van der Waals surface area contributed by atoms with Crippen LogP contribution in [0.3, 0.4) is 0 Å². The van der Waals surface area contributed by atoms with E-state index in [0.29, 0.717) is 25.3 Å². The number of hydrogen-bond donors (Lipinski definition) is 2. The van der Waals surface area contributed by atoms with Crippen molar-refractivity contribution in [2.45, 2.75) is 17.9 Å². The van der Waals surface area contributed by atoms with E-state index in [2.05, 4.69) is 24.5 Å². The summed E-state index contributed by atoms with van der Waals surface area (Å²) in [6.45, 7) is 1.05. The van der Waals surface area contributed by atoms with Gasteiger partial charge in [0.2, 0.25) is 16.4 Å². The molecule has 2 heterocycles. The van der Waals surface area contributed by atoms with E-state index in [1.807, 2.05) is 0 Å². The van der Waals surface area contributed by atoms with Gasteiger partial charge in [-0.15, -0.1) is 0 Å². The molecule has 2 aromatic heterocycles. The van der Waals surface area contributed by atoms with E-state index in [4.69, 9.17) is 5.73 Å². The zero-order valence-corrected chi connectivity index (χ0v) is 10.9. The van der Waals surface area contributed by atoms with Gasteiger partial charge >= 0.3 is 0 Å². The van der Waals surface area contributed by atoms with Crippen LogP contribution in [0.15, 0.2) is 28.2 Å². The number of nitrogens with zero attached hydrogens (tertiary/aromatic N) is 4. The number of nitrogens with one attached hydrogen (secondary N) is 1. The van der Waals surface area contributed by atoms with Crippen molar-refractivity contribution >= 4 is 10.0 Å². The van der Waals surface area contributed by atoms with E-state index in [9.17, 15) is 8.42 Å². The molecule has 0 saturated heterocycles. The maximum absolute atomic E-state index is 11.9. The van der Waals surface area contributed by atoms with Gasteiger partial charge in [0.15, 0.2) is 5.82 Å². The Morgan fingerprint density at radius 3 is 3.00 bits per heavy atom. The fourth-order valence-electron chi connectivity index (χ4n) is 1.42. The van der Waals surface area contributed by atoms with Gasteiger partial charge in [-0.1, -0.05) is 5.16 Å². The summed E-state index contributed by atoms with van der Waals surface area (Å²) >= 11 is 0. The lowest BCUT2D eigenvalue weighted by atomic mass is 10.4. The lowest BCUT2D eigenvalue weighted by Gasteiger charge is -2.02. The maximum Gasteiger partial charge on any atom is 0.243 e. The Kier molecular flexibility index (Phi) is 4.24. The first-order valence-corrected chi connectivity index (χ1v) is 7.07. The third-order valence-electron chi connectivity index (χ3n) is 2.33. The van der Waals surface area contributed by atoms with Crippen LogP contribution >= 0.6 is 0 Å². The predicted molar refractivity (Wildman–Crippen MR) is 64.5 cm³/mol. The Bertz CT molecular complexity index is 606. The minimum atomic E-state index is -3.57. The van der Waals surface area contributed by atoms with Gasteiger partial charge in [0.25, 0.3) is 0 Å². The van der Waals surface area contributed by atoms with Crippen LogP contribution in [0.1, 0.15) is 5.82 Å². The highest BCUT2D eigenvalue weighted by atomic mass is 32.2. The Morgan fingerprint density at radius 2 is 2.32 bits per heavy atom. The third kappa shape index (κ3) is 3.59. The summed E-state index contributed by atoms with van der Waals surface area (Å²) in [6.07, 6.45) is 4.27. The van der Waals surface area contributed by atoms with Crippen LogP contribution in [0.5, 0.6) is 0 Å². The molecule has 0 bridgehead atoms. The van der Waals surface area contributed by atoms with E-state index < -0.39 is 10.0 Å². The number of rotatable bonds is 7. The predicted octanol–water partition coefficient (Wildman–Crippen LogP) is -1.25. The molecule has 0 spiro atoms. The van der Waals surface area contributed by atoms with Gasteiger partial charge in [0.1, 0.15) is 4.90 Å². The molecule has 10 heteroatoms. The molecule has 0 saturated carbocycles. The van der Waals surface area contributed by atoms with Gasteiger partial charge in [-0.2, -0.15) is 10.1 Å². The molecule has 0 fully saturated rings. The molecule has 0 atom stereocenters. The fourth-order valence-corrected chi connectivity index (χ4v) is 2.40. The Morgan fingerprint density at radius 1 is 1.47 bits per heavy atom. The van der Waals surface area contributed by atoms with Gasteiger partial charge < -0.3 is 10.3 Å². The van der Waals surface area contributed by atoms with Crippen molar-refractivity contribution < 1.29 is 12.9 Å². The fraction of sp³-hybridized carbons (Fsp3) is 0.444. The number of aromatic nitrogens is 4. The molecule has 0 unspecified atom stereocenters. The second-order valence-corrected chi connectivity index (χ2v) is 5.49. The Balaban J connectivity index is 1.93. The van der Waals surface area contributed by atoms with Crippen LogP contribution in [0.4, 0.5) is 0 Å². The van der Waals surface area contributed by atoms with E-state index >= 15 is 0 Å². The van der Waals surface area contributed by atoms with E-state index in [1.54, 1.807) is 0 Å². The topological polar surface area (TPSA) is 129 Å². The van der Waals surface area contributed by atoms with Crippen LogP contribution in [-0.2, 0) is 23.0 Å². The van der Waals surface area contributed by atoms with Crippen LogP contribution < -0.4 is 10.5 Å². The van der Waals surface area contributed by atoms with Gasteiger partial charge in [0.05, 0.1) is 12.7 Å². The average Bonchev–Trinajstić information content (AvgIpc) is 3.00. The molecular weight excluding hydrogens is 272 g/mol. The zero-order valence-electron chi connectivity index (χ0n) is 10.1. The lowest BCUT2D eigenvalue weighted by Crippen LogP contribution is -2.26. The first kappa shape index (κ1) is 13.6. The van der Waals surface area contributed by atoms with Gasteiger partial charge in [0, 0.05) is 25.7 Å². The highest BCUT2D eigenvalue weighted by molar-refractivity contribution is 7.89. The highest BCUT2D eigenvalue weighted by Crippen LogP contribution is 2.06. The molecule has 0 amide bonds. The van der Waals surface area contributed by atoms with Crippen molar-refractivity contribution in [2.24, 2.45) is 5.73 Å². The van der Waals surface area contributed by atoms with Crippen molar-refractivity contribution in [3.63, 3.8) is 0 Å². The summed E-state index contributed by atoms with van der Waals surface area (Å²) < 4.78 is 32.3. The largest absolute Gasteiger partial charge is 0.343 e. The van der Waals surface area contributed by atoms with Crippen molar-refractivity contribution in [3.05, 3.63) is 24.6 Å². The van der Waals surface area contributed by atoms with E-state index in [-0.39, 0.29) is 11.4 Å². The summed E-state index contributed by atoms with van der Waals surface area (Å²) in [5.74, 6) is 0.446. The Hall–Kier alpha value is -1.78. The van der Waals surface area contributed by atoms with Crippen LogP contribution in [-0.4, -0.2) is 41.4 Å². The summed E-state index contributed by atoms with van der Waals surface area (Å²) in [7, 11) is -3.57. The summed E-state index contributed by atoms with van der Waals surface area (Å²) in [4.78, 5) is 3.90. The summed E-state index contributed by atoms with van der Waals surface area (Å²) in [6, 6.07) is 0. The normalized spacial score (nSPS) is 11.8. The summed E-state index contributed by atoms with van der Waals surface area (Å²) in [5.41, 5.74) is 5.36. The first-order chi connectivity index (χ1) is 9.12. The maximum atomic E-state index is 11.9. The van der Waals surface area contributed by atoms with Crippen LogP contribution in [0.2, 0.25) is 0 Å². The van der Waals surface area contributed by atoms with E-state index in [1.165, 1.54) is 23.5 Å². The molecule has 3 N–H and O–H groups in total. The lowest BCUT2D eigenvalue weighted by molar-refractivity contribution is 0.410. The SMILES string of the molecule is NCCn1cc(S(=O)(=O)NCCc2ncon2)cn1. The third-order valence-corrected chi connectivity index (χ3v) is 3.74. The number of hydrogen-bond acceptors (Lipinski definition) is 7. The van der Waals surface area contributed by atoms with E-state index in [0.717, 1.165) is 0 Å². The molecule has 2 aromatic rings. The molecular formula is C9H14N6O3S. The smallest absolute Gasteiger partial charge is 0.243 e. The number of nitrogens with two attached hydrogens (primary N) is 1. The van der Waals surface area contributed by atoms with Crippen LogP contribution in [0, 0.1) is 0 Å². The Labute approximate surface area is 109 Å². The quantitative estimate of drug-likeness (QED) is 0.650. The molecule has 0 aromatic carbocycles. The van der Waals surface area contributed by atoms with Crippen molar-refractivity contribution in [3.8, 4) is 0 Å². The second-order valence-electron chi connectivity index (χ2n) is 3.72. The first-order valence-electron chi connectivity index (χ1n) is 5.59. The minimum absolute atomic E-state index is 0.106. The van der Waals surface area contributed by atoms with Gasteiger partial charge in [-0.3, -0.25) is 4.68 Å². The van der Waals surface area contributed by atoms with Gasteiger partial charge in [-0.05, 0) is 0 Å². The molecule has 2 rings (SSSR count). The zero-order chi connectivity index (χ0) is 13.7. The molecule has 0 radical (unpaired) electrons. The molecule has 0 aliphatic rings. The minimum Gasteiger partial charge on any atom is -0.343 e. The van der Waals surface area contributed by atoms with Gasteiger partial charge in [-0.25, -0.2) is 13.1 Å². The molecule has 0 aliphatic heterocycles. The monoisotopic (exact) mass is 286 g/mol. The molecule has 0 aliphatic carbocycles. The highest BCUT2D eigenvalue weighted by Gasteiger charge is 2.16. The molecule has 104 valence electrons. The standard InChI is InChI=1S/C9H14N6O3S/c10-2-4-15-6-8(5-12-15)19(16,17)13-3-1-9-11-7-18-14-9/h5-7,13H,1-4,10H2. The van der Waals surface area contributed by atoms with Crippen molar-refractivity contribution in [2.75, 3.05) is 13.1 Å². The second kappa shape index (κ2) is 5.91. The van der Waals surface area contributed by atoms with Crippen molar-refractivity contribution in [1.29, 1.82) is 0 Å². The van der Waals surface area contributed by atoms with Crippen LogP contribution in [0.25, 0.3) is 0 Å². The molecule has 9 nitrogen and oxygen atoms in total. The van der Waals surface area contributed by atoms with Crippen molar-refractivity contribution in [1.82, 2.24) is 24.6 Å². The number of sulfonamides is 1. The summed E-state index contributed by atoms with van der Waals surface area (Å²) in [5, 5.41) is 7.49.